The molecule has 0 unspecified atom stereocenters. The van der Waals surface area contributed by atoms with Gasteiger partial charge in [-0.15, -0.1) is 0 Å². The van der Waals surface area contributed by atoms with Gasteiger partial charge in [-0.2, -0.15) is 4.98 Å². The average molecular weight is 263 g/mol. The van der Waals surface area contributed by atoms with Crippen LogP contribution in [0.5, 0.6) is 5.88 Å². The highest BCUT2D eigenvalue weighted by atomic mass is 35.5. The fourth-order valence-corrected chi connectivity index (χ4v) is 1.73. The summed E-state index contributed by atoms with van der Waals surface area (Å²) in [7, 11) is 1.49. The van der Waals surface area contributed by atoms with Crippen LogP contribution in [0.4, 0.5) is 0 Å². The van der Waals surface area contributed by atoms with Gasteiger partial charge in [0.1, 0.15) is 0 Å². The first-order valence-electron chi connectivity index (χ1n) is 5.30. The Labute approximate surface area is 110 Å². The lowest BCUT2D eigenvalue weighted by Crippen LogP contribution is -2.09. The number of hydrogen-bond acceptors (Lipinski definition) is 4. The highest BCUT2D eigenvalue weighted by molar-refractivity contribution is 6.34. The summed E-state index contributed by atoms with van der Waals surface area (Å²) in [5, 5.41) is 0.381. The van der Waals surface area contributed by atoms with E-state index in [2.05, 4.69) is 9.97 Å². The minimum atomic E-state index is -0.317. The normalized spacial score (nSPS) is 10.2. The molecule has 4 nitrogen and oxygen atoms in total. The van der Waals surface area contributed by atoms with Crippen molar-refractivity contribution in [3.05, 3.63) is 52.4 Å². The van der Waals surface area contributed by atoms with E-state index in [0.29, 0.717) is 22.2 Å². The number of rotatable bonds is 3. The molecule has 0 radical (unpaired) electrons. The quantitative estimate of drug-likeness (QED) is 0.798. The van der Waals surface area contributed by atoms with E-state index >= 15 is 0 Å². The minimum Gasteiger partial charge on any atom is -0.481 e. The fourth-order valence-electron chi connectivity index (χ4n) is 1.51. The Bertz CT molecular complexity index is 599. The molecule has 0 bridgehead atoms. The molecule has 18 heavy (non-hydrogen) atoms. The summed E-state index contributed by atoms with van der Waals surface area (Å²) >= 11 is 5.97. The first-order valence-corrected chi connectivity index (χ1v) is 5.68. The molecule has 0 atom stereocenters. The summed E-state index contributed by atoms with van der Waals surface area (Å²) in [5.74, 6) is 0.125. The molecule has 0 N–H and O–H groups in total. The van der Waals surface area contributed by atoms with Gasteiger partial charge in [0.05, 0.1) is 12.1 Å². The lowest BCUT2D eigenvalue weighted by molar-refractivity contribution is 0.102. The maximum absolute atomic E-state index is 12.2. The predicted molar refractivity (Wildman–Crippen MR) is 68.2 cm³/mol. The number of carbonyl (C=O) groups is 1. The predicted octanol–water partition coefficient (Wildman–Crippen LogP) is 2.68. The van der Waals surface area contributed by atoms with Gasteiger partial charge in [0.25, 0.3) is 0 Å². The molecule has 0 fully saturated rings. The Kier molecular flexibility index (Phi) is 3.58. The van der Waals surface area contributed by atoms with Gasteiger partial charge in [0, 0.05) is 17.3 Å². The zero-order valence-corrected chi connectivity index (χ0v) is 10.7. The van der Waals surface area contributed by atoms with Crippen LogP contribution < -0.4 is 4.74 Å². The summed E-state index contributed by atoms with van der Waals surface area (Å²) < 4.78 is 5.02. The lowest BCUT2D eigenvalue weighted by Gasteiger charge is -2.05. The molecule has 2 aromatic rings. The van der Waals surface area contributed by atoms with Crippen molar-refractivity contribution in [1.82, 2.24) is 9.97 Å². The Hall–Kier alpha value is -1.94. The van der Waals surface area contributed by atoms with E-state index in [9.17, 15) is 4.79 Å². The molecule has 0 saturated heterocycles. The molecule has 1 heterocycles. The van der Waals surface area contributed by atoms with Crippen molar-refractivity contribution in [2.75, 3.05) is 7.11 Å². The third-order valence-corrected chi connectivity index (χ3v) is 2.69. The molecule has 0 aliphatic rings. The molecule has 92 valence electrons. The van der Waals surface area contributed by atoms with Crippen LogP contribution in [0.1, 0.15) is 21.9 Å². The van der Waals surface area contributed by atoms with Crippen LogP contribution >= 0.6 is 11.6 Å². The van der Waals surface area contributed by atoms with E-state index in [1.54, 1.807) is 37.3 Å². The number of hydrogen-bond donors (Lipinski definition) is 0. The van der Waals surface area contributed by atoms with Gasteiger partial charge in [-0.3, -0.25) is 4.79 Å². The lowest BCUT2D eigenvalue weighted by atomic mass is 10.1. The van der Waals surface area contributed by atoms with Crippen LogP contribution in [0.2, 0.25) is 5.02 Å². The Morgan fingerprint density at radius 3 is 2.67 bits per heavy atom. The third-order valence-electron chi connectivity index (χ3n) is 2.36. The molecule has 0 amide bonds. The summed E-state index contributed by atoms with van der Waals surface area (Å²) in [6.07, 6.45) is 0. The number of halogens is 1. The summed E-state index contributed by atoms with van der Waals surface area (Å²) in [5.41, 5.74) is 1.05. The molecule has 0 saturated carbocycles. The van der Waals surface area contributed by atoms with E-state index in [1.807, 2.05) is 0 Å². The summed E-state index contributed by atoms with van der Waals surface area (Å²) in [6, 6.07) is 8.46. The highest BCUT2D eigenvalue weighted by Crippen LogP contribution is 2.18. The van der Waals surface area contributed by atoms with Gasteiger partial charge >= 0.3 is 0 Å². The Morgan fingerprint density at radius 1 is 1.28 bits per heavy atom. The number of aryl methyl sites for hydroxylation is 1. The van der Waals surface area contributed by atoms with E-state index in [1.165, 1.54) is 7.11 Å². The van der Waals surface area contributed by atoms with E-state index in [-0.39, 0.29) is 11.6 Å². The molecule has 5 heteroatoms. The van der Waals surface area contributed by atoms with E-state index in [4.69, 9.17) is 16.3 Å². The monoisotopic (exact) mass is 262 g/mol. The number of ketones is 1. The molecule has 0 aliphatic carbocycles. The van der Waals surface area contributed by atoms with Crippen LogP contribution in [0, 0.1) is 6.92 Å². The number of aromatic nitrogens is 2. The Balaban J connectivity index is 2.46. The second-order valence-electron chi connectivity index (χ2n) is 3.68. The maximum atomic E-state index is 12.2. The van der Waals surface area contributed by atoms with Crippen LogP contribution in [0.15, 0.2) is 30.3 Å². The molecule has 0 aliphatic heterocycles. The third kappa shape index (κ3) is 2.49. The maximum Gasteiger partial charge on any atom is 0.231 e. The van der Waals surface area contributed by atoms with Crippen LogP contribution in [-0.2, 0) is 0 Å². The first kappa shape index (κ1) is 12.5. The number of benzene rings is 1. The largest absolute Gasteiger partial charge is 0.481 e. The fraction of sp³-hybridized carbons (Fsp3) is 0.154. The van der Waals surface area contributed by atoms with Crippen molar-refractivity contribution < 1.29 is 9.53 Å². The number of ether oxygens (including phenoxy) is 1. The summed E-state index contributed by atoms with van der Waals surface area (Å²) in [4.78, 5) is 20.4. The zero-order valence-electron chi connectivity index (χ0n) is 9.98. The first-order chi connectivity index (χ1) is 8.61. The molecule has 0 spiro atoms. The highest BCUT2D eigenvalue weighted by Gasteiger charge is 2.16. The Morgan fingerprint density at radius 2 is 2.00 bits per heavy atom. The van der Waals surface area contributed by atoms with Crippen molar-refractivity contribution in [2.24, 2.45) is 0 Å². The topological polar surface area (TPSA) is 52.1 Å². The van der Waals surface area contributed by atoms with Crippen molar-refractivity contribution in [3.63, 3.8) is 0 Å². The van der Waals surface area contributed by atoms with Gasteiger partial charge in [0.15, 0.2) is 0 Å². The van der Waals surface area contributed by atoms with Crippen LogP contribution in [-0.4, -0.2) is 22.9 Å². The second-order valence-corrected chi connectivity index (χ2v) is 4.09. The average Bonchev–Trinajstić information content (AvgIpc) is 2.37. The standard InChI is InChI=1S/C13H11ClN2O2/c1-8-7-11(18-2)16-13(15-8)12(17)9-5-3-4-6-10(9)14/h3-7H,1-2H3. The van der Waals surface area contributed by atoms with Crippen molar-refractivity contribution in [2.45, 2.75) is 6.92 Å². The number of methoxy groups -OCH3 is 1. The van der Waals surface area contributed by atoms with Crippen molar-refractivity contribution in [1.29, 1.82) is 0 Å². The van der Waals surface area contributed by atoms with Gasteiger partial charge in [0.2, 0.25) is 17.5 Å². The van der Waals surface area contributed by atoms with Gasteiger partial charge in [-0.1, -0.05) is 23.7 Å². The van der Waals surface area contributed by atoms with Gasteiger partial charge in [-0.05, 0) is 19.1 Å². The molecule has 1 aromatic carbocycles. The van der Waals surface area contributed by atoms with Crippen LogP contribution in [0.3, 0.4) is 0 Å². The number of nitrogens with zero attached hydrogens (tertiary/aromatic N) is 2. The van der Waals surface area contributed by atoms with E-state index < -0.39 is 0 Å². The van der Waals surface area contributed by atoms with Gasteiger partial charge < -0.3 is 4.74 Å². The molecular weight excluding hydrogens is 252 g/mol. The molecular formula is C13H11ClN2O2. The minimum absolute atomic E-state index is 0.0833. The molecule has 2 rings (SSSR count). The van der Waals surface area contributed by atoms with Crippen LogP contribution in [0.25, 0.3) is 0 Å². The zero-order chi connectivity index (χ0) is 13.1. The van der Waals surface area contributed by atoms with Gasteiger partial charge in [-0.25, -0.2) is 4.98 Å². The van der Waals surface area contributed by atoms with E-state index in [0.717, 1.165) is 0 Å². The SMILES string of the molecule is COc1cc(C)nc(C(=O)c2ccccc2Cl)n1. The van der Waals surface area contributed by atoms with Crippen molar-refractivity contribution >= 4 is 17.4 Å². The summed E-state index contributed by atoms with van der Waals surface area (Å²) in [6.45, 7) is 1.77. The smallest absolute Gasteiger partial charge is 0.231 e. The van der Waals surface area contributed by atoms with Crippen molar-refractivity contribution in [3.8, 4) is 5.88 Å². The second kappa shape index (κ2) is 5.14. The number of carbonyl (C=O) groups excluding carboxylic acids is 1. The molecule has 1 aromatic heterocycles.